The summed E-state index contributed by atoms with van der Waals surface area (Å²) < 4.78 is 0. The molecule has 0 aromatic heterocycles. The third kappa shape index (κ3) is 1.64. The first-order valence-corrected chi connectivity index (χ1v) is 5.32. The van der Waals surface area contributed by atoms with Crippen LogP contribution in [0.2, 0.25) is 0 Å². The Kier molecular flexibility index (Phi) is 2.36. The first-order chi connectivity index (χ1) is 7.45. The second-order valence-corrected chi connectivity index (χ2v) is 4.60. The van der Waals surface area contributed by atoms with Crippen LogP contribution in [-0.4, -0.2) is 28.6 Å². The van der Waals surface area contributed by atoms with Crippen LogP contribution in [0.3, 0.4) is 0 Å². The number of carbonyl (C=O) groups is 3. The number of hydrogen-bond donors (Lipinski definition) is 3. The predicted molar refractivity (Wildman–Crippen MR) is 53.5 cm³/mol. The summed E-state index contributed by atoms with van der Waals surface area (Å²) in [5, 5.41) is 13.7. The first-order valence-electron chi connectivity index (χ1n) is 5.32. The SMILES string of the molecule is C[C@H](C[C@]1(C2CC2)NC(=O)NC1=O)C(=O)O. The predicted octanol–water partition coefficient (Wildman–Crippen LogP) is 0.0854. The number of imide groups is 1. The second kappa shape index (κ2) is 3.47. The number of aliphatic carboxylic acids is 1. The molecule has 6 heteroatoms. The lowest BCUT2D eigenvalue weighted by Gasteiger charge is -2.27. The van der Waals surface area contributed by atoms with Crippen LogP contribution in [0.1, 0.15) is 26.2 Å². The maximum atomic E-state index is 11.8. The Balaban J connectivity index is 2.19. The van der Waals surface area contributed by atoms with Gasteiger partial charge in [-0.05, 0) is 25.2 Å². The van der Waals surface area contributed by atoms with Gasteiger partial charge in [-0.1, -0.05) is 6.92 Å². The summed E-state index contributed by atoms with van der Waals surface area (Å²) in [6.45, 7) is 1.55. The Morgan fingerprint density at radius 1 is 1.56 bits per heavy atom. The lowest BCUT2D eigenvalue weighted by atomic mass is 9.84. The van der Waals surface area contributed by atoms with Gasteiger partial charge in [-0.15, -0.1) is 0 Å². The Bertz CT molecular complexity index is 364. The molecule has 2 atom stereocenters. The summed E-state index contributed by atoms with van der Waals surface area (Å²) in [5.41, 5.74) is -0.991. The molecule has 2 aliphatic rings. The van der Waals surface area contributed by atoms with Crippen LogP contribution < -0.4 is 10.6 Å². The quantitative estimate of drug-likeness (QED) is 0.592. The van der Waals surface area contributed by atoms with Crippen LogP contribution in [0.15, 0.2) is 0 Å². The van der Waals surface area contributed by atoms with E-state index in [1.807, 2.05) is 0 Å². The number of hydrogen-bond acceptors (Lipinski definition) is 3. The maximum Gasteiger partial charge on any atom is 0.322 e. The van der Waals surface area contributed by atoms with E-state index in [1.54, 1.807) is 6.92 Å². The average Bonchev–Trinajstić information content (AvgIpc) is 2.95. The van der Waals surface area contributed by atoms with Gasteiger partial charge < -0.3 is 10.4 Å². The fourth-order valence-corrected chi connectivity index (χ4v) is 2.25. The van der Waals surface area contributed by atoms with Gasteiger partial charge in [0.2, 0.25) is 0 Å². The molecule has 6 nitrogen and oxygen atoms in total. The van der Waals surface area contributed by atoms with Gasteiger partial charge in [0.25, 0.3) is 5.91 Å². The number of carbonyl (C=O) groups excluding carboxylic acids is 2. The summed E-state index contributed by atoms with van der Waals surface area (Å²) in [4.78, 5) is 33.7. The summed E-state index contributed by atoms with van der Waals surface area (Å²) in [6, 6.07) is -0.519. The highest BCUT2D eigenvalue weighted by atomic mass is 16.4. The lowest BCUT2D eigenvalue weighted by Crippen LogP contribution is -2.50. The molecule has 2 rings (SSSR count). The van der Waals surface area contributed by atoms with Crippen molar-refractivity contribution in [1.29, 1.82) is 0 Å². The summed E-state index contributed by atoms with van der Waals surface area (Å²) >= 11 is 0. The van der Waals surface area contributed by atoms with Crippen LogP contribution in [0.5, 0.6) is 0 Å². The van der Waals surface area contributed by atoms with E-state index in [2.05, 4.69) is 10.6 Å². The van der Waals surface area contributed by atoms with Crippen molar-refractivity contribution in [3.8, 4) is 0 Å². The molecule has 2 fully saturated rings. The number of nitrogens with one attached hydrogen (secondary N) is 2. The van der Waals surface area contributed by atoms with E-state index in [1.165, 1.54) is 0 Å². The zero-order chi connectivity index (χ0) is 11.9. The molecule has 1 heterocycles. The molecule has 1 aliphatic heterocycles. The van der Waals surface area contributed by atoms with Crippen LogP contribution in [0.4, 0.5) is 4.79 Å². The van der Waals surface area contributed by atoms with Crippen molar-refractivity contribution in [2.75, 3.05) is 0 Å². The Morgan fingerprint density at radius 2 is 2.19 bits per heavy atom. The van der Waals surface area contributed by atoms with E-state index in [-0.39, 0.29) is 18.2 Å². The molecule has 0 bridgehead atoms. The number of amides is 3. The van der Waals surface area contributed by atoms with Gasteiger partial charge in [-0.3, -0.25) is 14.9 Å². The molecule has 3 N–H and O–H groups in total. The van der Waals surface area contributed by atoms with Crippen molar-refractivity contribution in [3.63, 3.8) is 0 Å². The molecular formula is C10H14N2O4. The molecule has 0 radical (unpaired) electrons. The van der Waals surface area contributed by atoms with Crippen LogP contribution >= 0.6 is 0 Å². The van der Waals surface area contributed by atoms with Crippen molar-refractivity contribution >= 4 is 17.9 Å². The van der Waals surface area contributed by atoms with E-state index in [4.69, 9.17) is 5.11 Å². The van der Waals surface area contributed by atoms with E-state index < -0.39 is 23.5 Å². The standard InChI is InChI=1S/C10H14N2O4/c1-5(7(13)14)4-10(6-2-3-6)8(15)11-9(16)12-10/h5-6H,2-4H2,1H3,(H,13,14)(H2,11,12,15,16)/t5-,10-/m1/s1. The molecule has 0 unspecified atom stereocenters. The van der Waals surface area contributed by atoms with Crippen molar-refractivity contribution in [1.82, 2.24) is 10.6 Å². The van der Waals surface area contributed by atoms with Gasteiger partial charge in [-0.2, -0.15) is 0 Å². The monoisotopic (exact) mass is 226 g/mol. The molecule has 1 saturated carbocycles. The van der Waals surface area contributed by atoms with Gasteiger partial charge in [0.05, 0.1) is 5.92 Å². The van der Waals surface area contributed by atoms with Gasteiger partial charge in [0.1, 0.15) is 5.54 Å². The van der Waals surface area contributed by atoms with E-state index in [0.29, 0.717) is 0 Å². The summed E-state index contributed by atoms with van der Waals surface area (Å²) in [7, 11) is 0. The second-order valence-electron chi connectivity index (χ2n) is 4.60. The van der Waals surface area contributed by atoms with Crippen LogP contribution in [0, 0.1) is 11.8 Å². The molecule has 1 aliphatic carbocycles. The minimum absolute atomic E-state index is 0.0840. The third-order valence-electron chi connectivity index (χ3n) is 3.29. The van der Waals surface area contributed by atoms with E-state index in [9.17, 15) is 14.4 Å². The van der Waals surface area contributed by atoms with Crippen molar-refractivity contribution in [2.24, 2.45) is 11.8 Å². The highest BCUT2D eigenvalue weighted by molar-refractivity contribution is 6.07. The van der Waals surface area contributed by atoms with E-state index >= 15 is 0 Å². The normalized spacial score (nSPS) is 30.8. The number of rotatable bonds is 4. The zero-order valence-corrected chi connectivity index (χ0v) is 8.95. The molecule has 0 spiro atoms. The largest absolute Gasteiger partial charge is 0.481 e. The molecule has 1 saturated heterocycles. The number of urea groups is 1. The lowest BCUT2D eigenvalue weighted by molar-refractivity contribution is -0.142. The summed E-state index contributed by atoms with van der Waals surface area (Å²) in [6.07, 6.45) is 1.88. The summed E-state index contributed by atoms with van der Waals surface area (Å²) in [5.74, 6) is -1.90. The molecule has 16 heavy (non-hydrogen) atoms. The first kappa shape index (κ1) is 10.9. The molecule has 0 aromatic rings. The van der Waals surface area contributed by atoms with Gasteiger partial charge in [0.15, 0.2) is 0 Å². The van der Waals surface area contributed by atoms with Crippen LogP contribution in [0.25, 0.3) is 0 Å². The molecule has 0 aromatic carbocycles. The van der Waals surface area contributed by atoms with Crippen molar-refractivity contribution in [3.05, 3.63) is 0 Å². The molecular weight excluding hydrogens is 212 g/mol. The smallest absolute Gasteiger partial charge is 0.322 e. The third-order valence-corrected chi connectivity index (χ3v) is 3.29. The van der Waals surface area contributed by atoms with Crippen molar-refractivity contribution < 1.29 is 19.5 Å². The van der Waals surface area contributed by atoms with Gasteiger partial charge in [0, 0.05) is 0 Å². The van der Waals surface area contributed by atoms with Gasteiger partial charge >= 0.3 is 12.0 Å². The highest BCUT2D eigenvalue weighted by Gasteiger charge is 2.56. The zero-order valence-electron chi connectivity index (χ0n) is 8.95. The fourth-order valence-electron chi connectivity index (χ4n) is 2.25. The minimum atomic E-state index is -0.991. The average molecular weight is 226 g/mol. The minimum Gasteiger partial charge on any atom is -0.481 e. The van der Waals surface area contributed by atoms with Crippen LogP contribution in [-0.2, 0) is 9.59 Å². The topological polar surface area (TPSA) is 95.5 Å². The Labute approximate surface area is 92.4 Å². The van der Waals surface area contributed by atoms with Crippen molar-refractivity contribution in [2.45, 2.75) is 31.7 Å². The molecule has 3 amide bonds. The Hall–Kier alpha value is -1.59. The highest BCUT2D eigenvalue weighted by Crippen LogP contribution is 2.44. The molecule has 88 valence electrons. The van der Waals surface area contributed by atoms with E-state index in [0.717, 1.165) is 12.8 Å². The maximum absolute atomic E-state index is 11.8. The van der Waals surface area contributed by atoms with Gasteiger partial charge in [-0.25, -0.2) is 4.79 Å². The fraction of sp³-hybridized carbons (Fsp3) is 0.700. The Morgan fingerprint density at radius 3 is 2.56 bits per heavy atom. The number of carboxylic acids is 1. The number of carboxylic acid groups (broad SMARTS) is 1.